The van der Waals surface area contributed by atoms with E-state index in [-0.39, 0.29) is 13.1 Å². The standard InChI is InChI=1S/C7H6ClN5S/c8-7-12-11-6(14-7)5-13(3-1-9)4-2-10/h3-5H2. The van der Waals surface area contributed by atoms with Crippen LogP contribution >= 0.6 is 22.9 Å². The smallest absolute Gasteiger partial charge is 0.207 e. The molecule has 0 aliphatic heterocycles. The molecule has 1 rings (SSSR count). The maximum absolute atomic E-state index is 8.49. The minimum atomic E-state index is 0.199. The van der Waals surface area contributed by atoms with E-state index in [2.05, 4.69) is 10.2 Å². The summed E-state index contributed by atoms with van der Waals surface area (Å²) in [5.41, 5.74) is 0. The first-order valence-electron chi connectivity index (χ1n) is 3.70. The van der Waals surface area contributed by atoms with Gasteiger partial charge in [-0.25, -0.2) is 0 Å². The van der Waals surface area contributed by atoms with Gasteiger partial charge in [-0.1, -0.05) is 11.3 Å². The van der Waals surface area contributed by atoms with Crippen LogP contribution in [0.3, 0.4) is 0 Å². The largest absolute Gasteiger partial charge is 0.271 e. The molecule has 0 radical (unpaired) electrons. The second-order valence-electron chi connectivity index (χ2n) is 2.41. The number of aromatic nitrogens is 2. The molecule has 0 aliphatic rings. The van der Waals surface area contributed by atoms with Crippen LogP contribution in [-0.2, 0) is 6.54 Å². The monoisotopic (exact) mass is 227 g/mol. The molecule has 0 saturated carbocycles. The summed E-state index contributed by atoms with van der Waals surface area (Å²) in [5.74, 6) is 0. The van der Waals surface area contributed by atoms with Gasteiger partial charge in [-0.15, -0.1) is 10.2 Å². The number of hydrogen-bond acceptors (Lipinski definition) is 6. The van der Waals surface area contributed by atoms with E-state index >= 15 is 0 Å². The summed E-state index contributed by atoms with van der Waals surface area (Å²) in [4.78, 5) is 1.66. The lowest BCUT2D eigenvalue weighted by molar-refractivity contribution is 0.333. The van der Waals surface area contributed by atoms with Crippen LogP contribution in [0.4, 0.5) is 0 Å². The molecule has 0 atom stereocenters. The van der Waals surface area contributed by atoms with Gasteiger partial charge in [-0.2, -0.15) is 10.5 Å². The quantitative estimate of drug-likeness (QED) is 0.719. The van der Waals surface area contributed by atoms with Crippen LogP contribution < -0.4 is 0 Å². The molecule has 0 amide bonds. The highest BCUT2D eigenvalue weighted by molar-refractivity contribution is 7.15. The molecule has 72 valence electrons. The number of halogens is 1. The Morgan fingerprint density at radius 3 is 2.36 bits per heavy atom. The topological polar surface area (TPSA) is 76.6 Å². The summed E-state index contributed by atoms with van der Waals surface area (Å²) in [6, 6.07) is 3.96. The van der Waals surface area contributed by atoms with Crippen LogP contribution in [0.5, 0.6) is 0 Å². The second-order valence-corrected chi connectivity index (χ2v) is 4.05. The molecule has 14 heavy (non-hydrogen) atoms. The van der Waals surface area contributed by atoms with Crippen LogP contribution in [0, 0.1) is 22.7 Å². The minimum absolute atomic E-state index is 0.199. The lowest BCUT2D eigenvalue weighted by Crippen LogP contribution is -2.23. The third-order valence-corrected chi connectivity index (χ3v) is 2.39. The molecule has 5 nitrogen and oxygen atoms in total. The van der Waals surface area contributed by atoms with Gasteiger partial charge in [0.05, 0.1) is 31.8 Å². The average Bonchev–Trinajstić information content (AvgIpc) is 2.52. The Kier molecular flexibility index (Phi) is 4.27. The summed E-state index contributed by atoms with van der Waals surface area (Å²) in [5, 5.41) is 25.1. The summed E-state index contributed by atoms with van der Waals surface area (Å²) in [7, 11) is 0. The molecule has 7 heteroatoms. The molecule has 0 spiro atoms. The first-order valence-corrected chi connectivity index (χ1v) is 4.90. The Hall–Kier alpha value is -1.21. The molecule has 1 aromatic rings. The van der Waals surface area contributed by atoms with Gasteiger partial charge in [0.1, 0.15) is 5.01 Å². The Bertz CT molecular complexity index is 360. The van der Waals surface area contributed by atoms with E-state index in [1.54, 1.807) is 4.90 Å². The van der Waals surface area contributed by atoms with E-state index in [0.717, 1.165) is 0 Å². The molecular weight excluding hydrogens is 222 g/mol. The number of hydrogen-bond donors (Lipinski definition) is 0. The number of nitriles is 2. The number of rotatable bonds is 4. The van der Waals surface area contributed by atoms with Crippen molar-refractivity contribution >= 4 is 22.9 Å². The van der Waals surface area contributed by atoms with Crippen molar-refractivity contribution in [3.63, 3.8) is 0 Å². The van der Waals surface area contributed by atoms with Crippen molar-refractivity contribution in [2.45, 2.75) is 6.54 Å². The van der Waals surface area contributed by atoms with Crippen molar-refractivity contribution in [3.8, 4) is 12.1 Å². The van der Waals surface area contributed by atoms with E-state index < -0.39 is 0 Å². The molecule has 0 unspecified atom stereocenters. The van der Waals surface area contributed by atoms with Gasteiger partial charge in [0.2, 0.25) is 4.47 Å². The normalized spacial score (nSPS) is 9.71. The van der Waals surface area contributed by atoms with Crippen LogP contribution in [0.2, 0.25) is 4.47 Å². The van der Waals surface area contributed by atoms with Crippen molar-refractivity contribution in [2.24, 2.45) is 0 Å². The van der Waals surface area contributed by atoms with Crippen molar-refractivity contribution in [2.75, 3.05) is 13.1 Å². The fourth-order valence-corrected chi connectivity index (χ4v) is 1.77. The molecule has 0 saturated heterocycles. The fraction of sp³-hybridized carbons (Fsp3) is 0.429. The molecule has 0 bridgehead atoms. The van der Waals surface area contributed by atoms with E-state index in [1.165, 1.54) is 11.3 Å². The summed E-state index contributed by atoms with van der Waals surface area (Å²) in [6.45, 7) is 0.834. The van der Waals surface area contributed by atoms with Crippen molar-refractivity contribution in [3.05, 3.63) is 9.47 Å². The predicted molar refractivity (Wildman–Crippen MR) is 51.4 cm³/mol. The second kappa shape index (κ2) is 5.51. The third-order valence-electron chi connectivity index (χ3n) is 1.39. The summed E-state index contributed by atoms with van der Waals surface area (Å²) in [6.07, 6.45) is 0. The zero-order valence-electron chi connectivity index (χ0n) is 7.14. The maximum atomic E-state index is 8.49. The van der Waals surface area contributed by atoms with Crippen molar-refractivity contribution in [1.82, 2.24) is 15.1 Å². The van der Waals surface area contributed by atoms with Gasteiger partial charge in [0.25, 0.3) is 0 Å². The van der Waals surface area contributed by atoms with E-state index in [1.807, 2.05) is 12.1 Å². The highest BCUT2D eigenvalue weighted by Crippen LogP contribution is 2.16. The van der Waals surface area contributed by atoms with Gasteiger partial charge in [0, 0.05) is 0 Å². The predicted octanol–water partition coefficient (Wildman–Crippen LogP) is 1.04. The summed E-state index contributed by atoms with van der Waals surface area (Å²) < 4.78 is 0.369. The first kappa shape index (κ1) is 10.9. The van der Waals surface area contributed by atoms with Crippen molar-refractivity contribution < 1.29 is 0 Å². The molecule has 1 heterocycles. The molecule has 1 aromatic heterocycles. The first-order chi connectivity index (χ1) is 6.76. The summed E-state index contributed by atoms with van der Waals surface area (Å²) >= 11 is 6.84. The molecule has 0 fully saturated rings. The lowest BCUT2D eigenvalue weighted by atomic mass is 10.5. The zero-order valence-corrected chi connectivity index (χ0v) is 8.72. The van der Waals surface area contributed by atoms with Crippen LogP contribution in [-0.4, -0.2) is 28.2 Å². The van der Waals surface area contributed by atoms with Crippen molar-refractivity contribution in [1.29, 1.82) is 10.5 Å². The molecule has 0 aliphatic carbocycles. The molecular formula is C7H6ClN5S. The average molecular weight is 228 g/mol. The highest BCUT2D eigenvalue weighted by Gasteiger charge is 2.08. The van der Waals surface area contributed by atoms with E-state index in [4.69, 9.17) is 22.1 Å². The van der Waals surface area contributed by atoms with E-state index in [0.29, 0.717) is 16.0 Å². The maximum Gasteiger partial charge on any atom is 0.207 e. The van der Waals surface area contributed by atoms with Gasteiger partial charge < -0.3 is 0 Å². The highest BCUT2D eigenvalue weighted by atomic mass is 35.5. The van der Waals surface area contributed by atoms with Gasteiger partial charge >= 0.3 is 0 Å². The lowest BCUT2D eigenvalue weighted by Gasteiger charge is -2.11. The number of nitrogens with zero attached hydrogens (tertiary/aromatic N) is 5. The Balaban J connectivity index is 2.56. The zero-order chi connectivity index (χ0) is 10.4. The Labute approximate surface area is 90.2 Å². The van der Waals surface area contributed by atoms with E-state index in [9.17, 15) is 0 Å². The van der Waals surface area contributed by atoms with Crippen LogP contribution in [0.1, 0.15) is 5.01 Å². The van der Waals surface area contributed by atoms with Crippen LogP contribution in [0.15, 0.2) is 0 Å². The molecule has 0 N–H and O–H groups in total. The van der Waals surface area contributed by atoms with Gasteiger partial charge in [-0.3, -0.25) is 4.90 Å². The SMILES string of the molecule is N#CCN(CC#N)Cc1nnc(Cl)s1. The van der Waals surface area contributed by atoms with Gasteiger partial charge in [0.15, 0.2) is 0 Å². The van der Waals surface area contributed by atoms with Gasteiger partial charge in [-0.05, 0) is 11.6 Å². The van der Waals surface area contributed by atoms with Crippen LogP contribution in [0.25, 0.3) is 0 Å². The fourth-order valence-electron chi connectivity index (χ4n) is 0.856. The Morgan fingerprint density at radius 1 is 1.29 bits per heavy atom. The third kappa shape index (κ3) is 3.27. The minimum Gasteiger partial charge on any atom is -0.271 e. The Morgan fingerprint density at radius 2 is 1.93 bits per heavy atom. The molecule has 0 aromatic carbocycles.